The Bertz CT molecular complexity index is 624. The summed E-state index contributed by atoms with van der Waals surface area (Å²) < 4.78 is 0. The molecular weight excluding hydrogens is 496 g/mol. The molecule has 0 fully saturated rings. The van der Waals surface area contributed by atoms with Crippen LogP contribution in [0.1, 0.15) is 181 Å². The van der Waals surface area contributed by atoms with E-state index in [0.717, 1.165) is 57.8 Å². The molecule has 0 aromatic rings. The lowest BCUT2D eigenvalue weighted by Crippen LogP contribution is -2.30. The van der Waals surface area contributed by atoms with Crippen molar-refractivity contribution in [2.24, 2.45) is 11.8 Å². The molecule has 0 aromatic heterocycles. The number of carbonyl (C=O) groups is 2. The van der Waals surface area contributed by atoms with E-state index in [2.05, 4.69) is 38.2 Å². The summed E-state index contributed by atoms with van der Waals surface area (Å²) in [4.78, 5) is 23.8. The number of unbranched alkanes of at least 4 members (excludes halogenated alkanes) is 20. The number of allylic oxidation sites excluding steroid dienone is 4. The lowest BCUT2D eigenvalue weighted by Gasteiger charge is -2.20. The van der Waals surface area contributed by atoms with Crippen LogP contribution in [-0.4, -0.2) is 22.2 Å². The smallest absolute Gasteiger partial charge is 0.307 e. The van der Waals surface area contributed by atoms with E-state index in [1.807, 2.05) is 0 Å². The van der Waals surface area contributed by atoms with Gasteiger partial charge in [0.25, 0.3) is 0 Å². The molecular formula is C36H66O4. The minimum atomic E-state index is -0.941. The second kappa shape index (κ2) is 30.4. The van der Waals surface area contributed by atoms with Gasteiger partial charge in [-0.2, -0.15) is 0 Å². The van der Waals surface area contributed by atoms with Crippen LogP contribution < -0.4 is 0 Å². The Labute approximate surface area is 248 Å². The van der Waals surface area contributed by atoms with Crippen LogP contribution in [0.2, 0.25) is 0 Å². The van der Waals surface area contributed by atoms with Crippen LogP contribution in [0.5, 0.6) is 0 Å². The largest absolute Gasteiger partial charge is 0.481 e. The third kappa shape index (κ3) is 25.4. The fraction of sp³-hybridized carbons (Fsp3) is 0.833. The first-order chi connectivity index (χ1) is 19.5. The van der Waals surface area contributed by atoms with Gasteiger partial charge in [0, 0.05) is 0 Å². The summed E-state index contributed by atoms with van der Waals surface area (Å²) in [5, 5.41) is 19.5. The molecule has 234 valence electrons. The Balaban J connectivity index is 3.91. The van der Waals surface area contributed by atoms with Gasteiger partial charge >= 0.3 is 11.9 Å². The van der Waals surface area contributed by atoms with Crippen molar-refractivity contribution in [2.75, 3.05) is 0 Å². The van der Waals surface area contributed by atoms with E-state index in [0.29, 0.717) is 12.8 Å². The topological polar surface area (TPSA) is 74.6 Å². The second-order valence-corrected chi connectivity index (χ2v) is 11.9. The highest BCUT2D eigenvalue weighted by Crippen LogP contribution is 2.26. The number of rotatable bonds is 31. The molecule has 0 radical (unpaired) electrons. The highest BCUT2D eigenvalue weighted by molar-refractivity contribution is 5.79. The lowest BCUT2D eigenvalue weighted by molar-refractivity contribution is -0.154. The molecule has 2 N–H and O–H groups in total. The van der Waals surface area contributed by atoms with Gasteiger partial charge in [0.2, 0.25) is 0 Å². The summed E-state index contributed by atoms with van der Waals surface area (Å²) >= 11 is 0. The van der Waals surface area contributed by atoms with Crippen LogP contribution in [0.25, 0.3) is 0 Å². The van der Waals surface area contributed by atoms with Gasteiger partial charge in [-0.3, -0.25) is 9.59 Å². The maximum absolute atomic E-state index is 11.9. The Hall–Kier alpha value is -1.58. The summed E-state index contributed by atoms with van der Waals surface area (Å²) in [6.45, 7) is 4.49. The van der Waals surface area contributed by atoms with Gasteiger partial charge in [-0.1, -0.05) is 160 Å². The molecule has 0 rings (SSSR count). The number of carboxylic acids is 2. The summed E-state index contributed by atoms with van der Waals surface area (Å²) in [5.74, 6) is -3.40. The molecule has 0 aliphatic heterocycles. The quantitative estimate of drug-likeness (QED) is 0.0651. The van der Waals surface area contributed by atoms with E-state index in [9.17, 15) is 19.8 Å². The standard InChI is InChI=1S/C36H66O4/c1-3-5-7-9-11-13-15-17-19-21-23-25-27-29-31-33(35(37)38)34(36(39)40)32-30-28-26-24-22-20-18-16-14-12-10-8-6-4-2/h11,13,17,19,33-34H,3-10,12,14-16,18,20-32H2,1-2H3,(H,37,38)(H,39,40)/b13-11-,19-17-. The molecule has 40 heavy (non-hydrogen) atoms. The van der Waals surface area contributed by atoms with E-state index in [4.69, 9.17) is 0 Å². The molecule has 0 saturated heterocycles. The first-order valence-electron chi connectivity index (χ1n) is 17.3. The summed E-state index contributed by atoms with van der Waals surface area (Å²) in [6.07, 6.45) is 38.7. The maximum atomic E-state index is 11.9. The summed E-state index contributed by atoms with van der Waals surface area (Å²) in [7, 11) is 0. The van der Waals surface area contributed by atoms with Crippen molar-refractivity contribution in [1.29, 1.82) is 0 Å². The monoisotopic (exact) mass is 562 g/mol. The first kappa shape index (κ1) is 38.4. The normalized spacial score (nSPS) is 13.3. The summed E-state index contributed by atoms with van der Waals surface area (Å²) in [6, 6.07) is 0. The van der Waals surface area contributed by atoms with Gasteiger partial charge in [-0.05, 0) is 44.9 Å². The molecule has 0 aromatic carbocycles. The molecule has 0 heterocycles. The van der Waals surface area contributed by atoms with Crippen LogP contribution in [0.4, 0.5) is 0 Å². The van der Waals surface area contributed by atoms with Gasteiger partial charge in [0.05, 0.1) is 11.8 Å². The molecule has 0 saturated carbocycles. The van der Waals surface area contributed by atoms with Gasteiger partial charge in [0.15, 0.2) is 0 Å². The van der Waals surface area contributed by atoms with Crippen molar-refractivity contribution in [1.82, 2.24) is 0 Å². The molecule has 0 aliphatic carbocycles. The van der Waals surface area contributed by atoms with Gasteiger partial charge in [-0.25, -0.2) is 0 Å². The Morgan fingerprint density at radius 3 is 1.12 bits per heavy atom. The second-order valence-electron chi connectivity index (χ2n) is 11.9. The van der Waals surface area contributed by atoms with E-state index in [-0.39, 0.29) is 0 Å². The van der Waals surface area contributed by atoms with Crippen LogP contribution in [0.3, 0.4) is 0 Å². The number of hydrogen-bond acceptors (Lipinski definition) is 2. The predicted molar refractivity (Wildman–Crippen MR) is 172 cm³/mol. The lowest BCUT2D eigenvalue weighted by atomic mass is 9.84. The molecule has 4 heteroatoms. The van der Waals surface area contributed by atoms with Crippen molar-refractivity contribution in [3.63, 3.8) is 0 Å². The molecule has 0 amide bonds. The Morgan fingerprint density at radius 1 is 0.450 bits per heavy atom. The molecule has 0 bridgehead atoms. The SMILES string of the molecule is CCCCC/C=C\C/C=C\CCCCCCC(C(=O)O)C(CCCCCCCCCCCCCCCC)C(=O)O. The van der Waals surface area contributed by atoms with Gasteiger partial charge < -0.3 is 10.2 Å². The molecule has 0 aliphatic rings. The van der Waals surface area contributed by atoms with Crippen LogP contribution in [0.15, 0.2) is 24.3 Å². The Morgan fingerprint density at radius 2 is 0.750 bits per heavy atom. The van der Waals surface area contributed by atoms with Crippen LogP contribution in [-0.2, 0) is 9.59 Å². The minimum Gasteiger partial charge on any atom is -0.481 e. The number of aliphatic carboxylic acids is 2. The highest BCUT2D eigenvalue weighted by Gasteiger charge is 2.32. The maximum Gasteiger partial charge on any atom is 0.307 e. The fourth-order valence-electron chi connectivity index (χ4n) is 5.55. The zero-order valence-electron chi connectivity index (χ0n) is 26.6. The molecule has 2 unspecified atom stereocenters. The van der Waals surface area contributed by atoms with Gasteiger partial charge in [-0.15, -0.1) is 0 Å². The van der Waals surface area contributed by atoms with Crippen molar-refractivity contribution in [2.45, 2.75) is 181 Å². The van der Waals surface area contributed by atoms with E-state index in [1.165, 1.54) is 96.3 Å². The zero-order chi connectivity index (χ0) is 29.5. The van der Waals surface area contributed by atoms with Crippen molar-refractivity contribution in [3.8, 4) is 0 Å². The van der Waals surface area contributed by atoms with E-state index >= 15 is 0 Å². The average Bonchev–Trinajstić information content (AvgIpc) is 2.93. The third-order valence-electron chi connectivity index (χ3n) is 8.20. The molecule has 4 nitrogen and oxygen atoms in total. The zero-order valence-corrected chi connectivity index (χ0v) is 26.6. The molecule has 0 spiro atoms. The fourth-order valence-corrected chi connectivity index (χ4v) is 5.55. The Kier molecular flexibility index (Phi) is 29.2. The van der Waals surface area contributed by atoms with Crippen molar-refractivity contribution >= 4 is 11.9 Å². The highest BCUT2D eigenvalue weighted by atomic mass is 16.4. The van der Waals surface area contributed by atoms with E-state index < -0.39 is 23.8 Å². The van der Waals surface area contributed by atoms with Crippen LogP contribution in [0, 0.1) is 11.8 Å². The van der Waals surface area contributed by atoms with E-state index in [1.54, 1.807) is 0 Å². The predicted octanol–water partition coefficient (Wildman–Crippen LogP) is 11.7. The van der Waals surface area contributed by atoms with Crippen LogP contribution >= 0.6 is 0 Å². The van der Waals surface area contributed by atoms with Crippen molar-refractivity contribution < 1.29 is 19.8 Å². The van der Waals surface area contributed by atoms with Crippen molar-refractivity contribution in [3.05, 3.63) is 24.3 Å². The summed E-state index contributed by atoms with van der Waals surface area (Å²) in [5.41, 5.74) is 0. The minimum absolute atomic E-state index is 0.476. The molecule has 2 atom stereocenters. The third-order valence-corrected chi connectivity index (χ3v) is 8.20. The first-order valence-corrected chi connectivity index (χ1v) is 17.3. The number of hydrogen-bond donors (Lipinski definition) is 2. The number of carboxylic acid groups (broad SMARTS) is 2. The van der Waals surface area contributed by atoms with Gasteiger partial charge in [0.1, 0.15) is 0 Å². The average molecular weight is 563 g/mol.